The number of rotatable bonds is 5. The standard InChI is InChI=1S/C8H14O4/c1-4-12-8(10)7(5-11-3)6(2)9/h7H,4-5H2,1-3H3/t7-/m1/s1. The molecule has 4 nitrogen and oxygen atoms in total. The van der Waals surface area contributed by atoms with Crippen molar-refractivity contribution in [2.24, 2.45) is 5.92 Å². The van der Waals surface area contributed by atoms with Crippen molar-refractivity contribution in [3.05, 3.63) is 0 Å². The van der Waals surface area contributed by atoms with Gasteiger partial charge in [-0.25, -0.2) is 0 Å². The van der Waals surface area contributed by atoms with E-state index >= 15 is 0 Å². The molecule has 0 aromatic rings. The van der Waals surface area contributed by atoms with Gasteiger partial charge in [-0.3, -0.25) is 9.59 Å². The Hall–Kier alpha value is -0.900. The average molecular weight is 174 g/mol. The minimum absolute atomic E-state index is 0.0914. The molecule has 0 N–H and O–H groups in total. The fourth-order valence-corrected chi connectivity index (χ4v) is 0.761. The van der Waals surface area contributed by atoms with Crippen molar-refractivity contribution in [3.63, 3.8) is 0 Å². The first-order chi connectivity index (χ1) is 5.63. The van der Waals surface area contributed by atoms with E-state index in [1.807, 2.05) is 0 Å². The predicted octanol–water partition coefficient (Wildman–Crippen LogP) is 0.401. The molecule has 0 fully saturated rings. The second-order valence-corrected chi connectivity index (χ2v) is 2.37. The van der Waals surface area contributed by atoms with Gasteiger partial charge in [0.15, 0.2) is 0 Å². The van der Waals surface area contributed by atoms with E-state index in [-0.39, 0.29) is 19.0 Å². The molecule has 0 spiro atoms. The molecule has 0 saturated carbocycles. The van der Waals surface area contributed by atoms with Gasteiger partial charge >= 0.3 is 5.97 Å². The monoisotopic (exact) mass is 174 g/mol. The van der Waals surface area contributed by atoms with E-state index in [0.29, 0.717) is 0 Å². The Morgan fingerprint density at radius 3 is 2.33 bits per heavy atom. The lowest BCUT2D eigenvalue weighted by Gasteiger charge is -2.10. The number of hydrogen-bond donors (Lipinski definition) is 0. The summed E-state index contributed by atoms with van der Waals surface area (Å²) in [6, 6.07) is 0. The summed E-state index contributed by atoms with van der Waals surface area (Å²) in [5, 5.41) is 0. The largest absolute Gasteiger partial charge is 0.465 e. The first-order valence-corrected chi connectivity index (χ1v) is 3.79. The molecule has 70 valence electrons. The molecular weight excluding hydrogens is 160 g/mol. The Morgan fingerprint density at radius 1 is 1.42 bits per heavy atom. The molecule has 0 heterocycles. The number of Topliss-reactive ketones (excluding diaryl/α,β-unsaturated/α-hetero) is 1. The maximum atomic E-state index is 11.1. The lowest BCUT2D eigenvalue weighted by Crippen LogP contribution is -2.28. The van der Waals surface area contributed by atoms with Crippen molar-refractivity contribution in [1.82, 2.24) is 0 Å². The van der Waals surface area contributed by atoms with E-state index in [4.69, 9.17) is 4.74 Å². The number of carbonyl (C=O) groups excluding carboxylic acids is 2. The molecule has 0 unspecified atom stereocenters. The third kappa shape index (κ3) is 3.48. The lowest BCUT2D eigenvalue weighted by atomic mass is 10.1. The minimum atomic E-state index is -0.769. The summed E-state index contributed by atoms with van der Waals surface area (Å²) < 4.78 is 9.39. The number of hydrogen-bond acceptors (Lipinski definition) is 4. The van der Waals surface area contributed by atoms with Gasteiger partial charge in [0.2, 0.25) is 0 Å². The summed E-state index contributed by atoms with van der Waals surface area (Å²) in [6.07, 6.45) is 0. The van der Waals surface area contributed by atoms with Crippen molar-refractivity contribution >= 4 is 11.8 Å². The topological polar surface area (TPSA) is 52.6 Å². The number of ketones is 1. The first kappa shape index (κ1) is 11.1. The Kier molecular flexibility index (Phi) is 5.28. The second-order valence-electron chi connectivity index (χ2n) is 2.37. The number of ether oxygens (including phenoxy) is 2. The fraction of sp³-hybridized carbons (Fsp3) is 0.750. The minimum Gasteiger partial charge on any atom is -0.465 e. The first-order valence-electron chi connectivity index (χ1n) is 3.79. The Bertz CT molecular complexity index is 164. The van der Waals surface area contributed by atoms with Crippen LogP contribution in [0.1, 0.15) is 13.8 Å². The van der Waals surface area contributed by atoms with Crippen LogP contribution >= 0.6 is 0 Å². The van der Waals surface area contributed by atoms with E-state index in [1.165, 1.54) is 14.0 Å². The summed E-state index contributed by atoms with van der Waals surface area (Å²) in [6.45, 7) is 3.42. The van der Waals surface area contributed by atoms with Crippen molar-refractivity contribution < 1.29 is 19.1 Å². The highest BCUT2D eigenvalue weighted by Gasteiger charge is 2.24. The second kappa shape index (κ2) is 5.71. The fourth-order valence-electron chi connectivity index (χ4n) is 0.761. The third-order valence-electron chi connectivity index (χ3n) is 1.40. The van der Waals surface area contributed by atoms with Gasteiger partial charge in [-0.15, -0.1) is 0 Å². The molecule has 0 aromatic heterocycles. The molecule has 0 aliphatic rings. The van der Waals surface area contributed by atoms with Gasteiger partial charge in [-0.2, -0.15) is 0 Å². The smallest absolute Gasteiger partial charge is 0.318 e. The highest BCUT2D eigenvalue weighted by molar-refractivity contribution is 5.97. The van der Waals surface area contributed by atoms with E-state index < -0.39 is 11.9 Å². The van der Waals surface area contributed by atoms with Crippen LogP contribution in [0.2, 0.25) is 0 Å². The number of carbonyl (C=O) groups is 2. The molecule has 0 aromatic carbocycles. The molecule has 0 radical (unpaired) electrons. The van der Waals surface area contributed by atoms with Crippen molar-refractivity contribution in [1.29, 1.82) is 0 Å². The predicted molar refractivity (Wildman–Crippen MR) is 42.7 cm³/mol. The van der Waals surface area contributed by atoms with Crippen molar-refractivity contribution in [2.75, 3.05) is 20.3 Å². The van der Waals surface area contributed by atoms with Crippen LogP contribution < -0.4 is 0 Å². The van der Waals surface area contributed by atoms with E-state index in [2.05, 4.69) is 4.74 Å². The summed E-state index contributed by atoms with van der Waals surface area (Å²) in [5.41, 5.74) is 0. The van der Waals surface area contributed by atoms with Gasteiger partial charge in [0.25, 0.3) is 0 Å². The van der Waals surface area contributed by atoms with Crippen LogP contribution in [-0.4, -0.2) is 32.1 Å². The summed E-state index contributed by atoms with van der Waals surface area (Å²) >= 11 is 0. The van der Waals surface area contributed by atoms with Gasteiger partial charge < -0.3 is 9.47 Å². The van der Waals surface area contributed by atoms with Crippen LogP contribution in [0.15, 0.2) is 0 Å². The van der Waals surface area contributed by atoms with Crippen LogP contribution in [-0.2, 0) is 19.1 Å². The molecular formula is C8H14O4. The Labute approximate surface area is 71.8 Å². The molecule has 1 atom stereocenters. The van der Waals surface area contributed by atoms with Crippen molar-refractivity contribution in [3.8, 4) is 0 Å². The van der Waals surface area contributed by atoms with Gasteiger partial charge in [-0.05, 0) is 13.8 Å². The lowest BCUT2D eigenvalue weighted by molar-refractivity contribution is -0.153. The van der Waals surface area contributed by atoms with Gasteiger partial charge in [-0.1, -0.05) is 0 Å². The van der Waals surface area contributed by atoms with Crippen molar-refractivity contribution in [2.45, 2.75) is 13.8 Å². The van der Waals surface area contributed by atoms with Gasteiger partial charge in [0.1, 0.15) is 11.7 Å². The molecule has 12 heavy (non-hydrogen) atoms. The van der Waals surface area contributed by atoms with Crippen LogP contribution in [0.5, 0.6) is 0 Å². The SMILES string of the molecule is CCOC(=O)[C@H](COC)C(C)=O. The van der Waals surface area contributed by atoms with Crippen LogP contribution in [0.3, 0.4) is 0 Å². The summed E-state index contributed by atoms with van der Waals surface area (Å²) in [7, 11) is 1.44. The number of esters is 1. The van der Waals surface area contributed by atoms with Crippen LogP contribution in [0.25, 0.3) is 0 Å². The van der Waals surface area contributed by atoms with Crippen LogP contribution in [0, 0.1) is 5.92 Å². The summed E-state index contributed by atoms with van der Waals surface area (Å²) in [5.74, 6) is -1.50. The molecule has 0 rings (SSSR count). The number of methoxy groups -OCH3 is 1. The quantitative estimate of drug-likeness (QED) is 0.447. The van der Waals surface area contributed by atoms with Crippen LogP contribution in [0.4, 0.5) is 0 Å². The molecule has 0 aliphatic heterocycles. The maximum Gasteiger partial charge on any atom is 0.318 e. The van der Waals surface area contributed by atoms with E-state index in [9.17, 15) is 9.59 Å². The zero-order valence-corrected chi connectivity index (χ0v) is 7.62. The summed E-state index contributed by atoms with van der Waals surface area (Å²) in [4.78, 5) is 21.9. The van der Waals surface area contributed by atoms with Gasteiger partial charge in [0.05, 0.1) is 13.2 Å². The maximum absolute atomic E-state index is 11.1. The highest BCUT2D eigenvalue weighted by atomic mass is 16.5. The van der Waals surface area contributed by atoms with E-state index in [1.54, 1.807) is 6.92 Å². The molecule has 0 amide bonds. The zero-order valence-electron chi connectivity index (χ0n) is 7.62. The normalized spacial score (nSPS) is 12.2. The average Bonchev–Trinajstić information content (AvgIpc) is 1.99. The Morgan fingerprint density at radius 2 is 2.00 bits per heavy atom. The Balaban J connectivity index is 4.09. The molecule has 0 aliphatic carbocycles. The highest BCUT2D eigenvalue weighted by Crippen LogP contribution is 2.01. The van der Waals surface area contributed by atoms with E-state index in [0.717, 1.165) is 0 Å². The molecule has 0 bridgehead atoms. The molecule has 4 heteroatoms. The van der Waals surface area contributed by atoms with Gasteiger partial charge in [0, 0.05) is 7.11 Å². The molecule has 0 saturated heterocycles. The third-order valence-corrected chi connectivity index (χ3v) is 1.40. The zero-order chi connectivity index (χ0) is 9.56.